The molecule has 0 saturated heterocycles. The Balaban J connectivity index is 1.68. The van der Waals surface area contributed by atoms with Gasteiger partial charge in [0.2, 0.25) is 0 Å². The highest BCUT2D eigenvalue weighted by atomic mass is 35.5. The van der Waals surface area contributed by atoms with Gasteiger partial charge in [0.25, 0.3) is 5.91 Å². The highest BCUT2D eigenvalue weighted by molar-refractivity contribution is 7.21. The molecule has 0 spiro atoms. The van der Waals surface area contributed by atoms with Crippen molar-refractivity contribution in [3.05, 3.63) is 33.7 Å². The molecule has 3 rings (SSSR count). The number of nitrogens with one attached hydrogen (secondary N) is 1. The number of thiophene rings is 1. The topological polar surface area (TPSA) is 41.5 Å². The van der Waals surface area contributed by atoms with Crippen LogP contribution in [0.3, 0.4) is 0 Å². The van der Waals surface area contributed by atoms with Gasteiger partial charge >= 0.3 is 0 Å². The Kier molecular flexibility index (Phi) is 5.21. The van der Waals surface area contributed by atoms with E-state index in [0.29, 0.717) is 15.3 Å². The molecule has 2 aromatic rings. The van der Waals surface area contributed by atoms with Gasteiger partial charge in [0.1, 0.15) is 4.88 Å². The third-order valence-electron chi connectivity index (χ3n) is 5.09. The largest absolute Gasteiger partial charge is 0.283 e. The molecule has 1 aliphatic rings. The molecule has 0 aliphatic heterocycles. The second-order valence-electron chi connectivity index (χ2n) is 8.00. The van der Waals surface area contributed by atoms with E-state index >= 15 is 0 Å². The molecule has 5 heteroatoms. The van der Waals surface area contributed by atoms with E-state index in [0.717, 1.165) is 53.0 Å². The second kappa shape index (κ2) is 7.08. The monoisotopic (exact) mass is 376 g/mol. The first kappa shape index (κ1) is 18.4. The maximum atomic E-state index is 12.5. The molecule has 1 aliphatic carbocycles. The van der Waals surface area contributed by atoms with Crippen molar-refractivity contribution in [1.29, 1.82) is 0 Å². The molecule has 1 aromatic carbocycles. The number of aryl methyl sites for hydroxylation is 1. The zero-order valence-electron chi connectivity index (χ0n) is 15.3. The normalized spacial score (nSPS) is 18.4. The van der Waals surface area contributed by atoms with E-state index in [-0.39, 0.29) is 5.91 Å². The summed E-state index contributed by atoms with van der Waals surface area (Å²) in [6.07, 6.45) is 4.20. The van der Waals surface area contributed by atoms with Crippen LogP contribution in [0.15, 0.2) is 23.3 Å². The fraction of sp³-hybridized carbons (Fsp3) is 0.500. The van der Waals surface area contributed by atoms with Crippen LogP contribution in [0.1, 0.15) is 61.7 Å². The molecular formula is C20H25ClN2OS. The number of carbonyl (C=O) groups is 1. The summed E-state index contributed by atoms with van der Waals surface area (Å²) in [5, 5.41) is 5.82. The van der Waals surface area contributed by atoms with E-state index in [2.05, 4.69) is 37.4 Å². The molecule has 1 N–H and O–H groups in total. The third-order valence-corrected chi connectivity index (χ3v) is 6.75. The Morgan fingerprint density at radius 3 is 2.60 bits per heavy atom. The van der Waals surface area contributed by atoms with Gasteiger partial charge < -0.3 is 0 Å². The third kappa shape index (κ3) is 4.06. The van der Waals surface area contributed by atoms with Crippen molar-refractivity contribution in [1.82, 2.24) is 5.43 Å². The zero-order chi connectivity index (χ0) is 18.2. The highest BCUT2D eigenvalue weighted by Gasteiger charge is 2.28. The van der Waals surface area contributed by atoms with E-state index in [1.165, 1.54) is 11.3 Å². The van der Waals surface area contributed by atoms with Crippen molar-refractivity contribution in [3.63, 3.8) is 0 Å². The summed E-state index contributed by atoms with van der Waals surface area (Å²) in [7, 11) is 0. The van der Waals surface area contributed by atoms with Crippen LogP contribution >= 0.6 is 22.9 Å². The summed E-state index contributed by atoms with van der Waals surface area (Å²) < 4.78 is 1.04. The van der Waals surface area contributed by atoms with Crippen LogP contribution in [0, 0.1) is 18.3 Å². The molecule has 134 valence electrons. The molecule has 0 radical (unpaired) electrons. The minimum Gasteiger partial charge on any atom is -0.266 e. The van der Waals surface area contributed by atoms with E-state index in [9.17, 15) is 4.79 Å². The molecule has 1 amide bonds. The smallest absolute Gasteiger partial charge is 0.266 e. The lowest BCUT2D eigenvalue weighted by Crippen LogP contribution is -2.27. The first-order valence-corrected chi connectivity index (χ1v) is 9.99. The average Bonchev–Trinajstić information content (AvgIpc) is 2.88. The van der Waals surface area contributed by atoms with Crippen molar-refractivity contribution < 1.29 is 4.79 Å². The molecule has 1 fully saturated rings. The van der Waals surface area contributed by atoms with Crippen LogP contribution in [-0.4, -0.2) is 11.6 Å². The summed E-state index contributed by atoms with van der Waals surface area (Å²) in [6, 6.07) is 6.04. The number of nitrogens with zero attached hydrogens (tertiary/aromatic N) is 1. The number of fused-ring (bicyclic) bond motifs is 1. The number of hydrogen-bond donors (Lipinski definition) is 1. The number of amides is 1. The summed E-state index contributed by atoms with van der Waals surface area (Å²) in [4.78, 5) is 13.0. The Morgan fingerprint density at radius 1 is 1.28 bits per heavy atom. The zero-order valence-corrected chi connectivity index (χ0v) is 16.9. The highest BCUT2D eigenvalue weighted by Crippen LogP contribution is 2.37. The first-order chi connectivity index (χ1) is 11.8. The van der Waals surface area contributed by atoms with Gasteiger partial charge in [-0.15, -0.1) is 11.3 Å². The number of benzene rings is 1. The minimum absolute atomic E-state index is 0.214. The van der Waals surface area contributed by atoms with Gasteiger partial charge in [-0.25, -0.2) is 5.43 Å². The number of carbonyl (C=O) groups excluding carboxylic acids is 1. The summed E-state index contributed by atoms with van der Waals surface area (Å²) in [6.45, 7) is 8.93. The number of halogens is 1. The number of hydrazone groups is 1. The van der Waals surface area contributed by atoms with Crippen LogP contribution in [0.2, 0.25) is 5.02 Å². The van der Waals surface area contributed by atoms with E-state index in [1.807, 2.05) is 19.1 Å². The Morgan fingerprint density at radius 2 is 1.96 bits per heavy atom. The quantitative estimate of drug-likeness (QED) is 0.624. The molecule has 1 aromatic heterocycles. The standard InChI is InChI=1S/C20H25ClN2OS/c1-12-5-10-15-16(11-12)25-18(17(15)21)19(24)23-22-14-8-6-13(7-9-14)20(2,3)4/h5,10-11,13H,6-9H2,1-4H3,(H,23,24). The van der Waals surface area contributed by atoms with E-state index < -0.39 is 0 Å². The molecule has 0 atom stereocenters. The van der Waals surface area contributed by atoms with E-state index in [1.54, 1.807) is 0 Å². The van der Waals surface area contributed by atoms with Crippen molar-refractivity contribution in [2.75, 3.05) is 0 Å². The van der Waals surface area contributed by atoms with Gasteiger partial charge in [-0.2, -0.15) is 5.10 Å². The SMILES string of the molecule is Cc1ccc2c(Cl)c(C(=O)NN=C3CCC(C(C)(C)C)CC3)sc2c1. The fourth-order valence-corrected chi connectivity index (χ4v) is 4.93. The van der Waals surface area contributed by atoms with Crippen LogP contribution in [0.4, 0.5) is 0 Å². The van der Waals surface area contributed by atoms with Gasteiger partial charge in [-0.3, -0.25) is 4.79 Å². The first-order valence-electron chi connectivity index (χ1n) is 8.80. The maximum Gasteiger partial charge on any atom is 0.283 e. The van der Waals surface area contributed by atoms with Crippen LogP contribution in [0.25, 0.3) is 10.1 Å². The predicted octanol–water partition coefficient (Wildman–Crippen LogP) is 6.19. The lowest BCUT2D eigenvalue weighted by Gasteiger charge is -2.34. The van der Waals surface area contributed by atoms with Gasteiger partial charge in [0.05, 0.1) is 5.02 Å². The average molecular weight is 377 g/mol. The minimum atomic E-state index is -0.214. The van der Waals surface area contributed by atoms with Gasteiger partial charge in [0, 0.05) is 15.8 Å². The van der Waals surface area contributed by atoms with Crippen LogP contribution in [-0.2, 0) is 0 Å². The number of rotatable bonds is 2. The molecule has 1 heterocycles. The molecule has 3 nitrogen and oxygen atoms in total. The van der Waals surface area contributed by atoms with Gasteiger partial charge in [-0.05, 0) is 55.6 Å². The summed E-state index contributed by atoms with van der Waals surface area (Å²) >= 11 is 7.82. The van der Waals surface area contributed by atoms with Crippen LogP contribution in [0.5, 0.6) is 0 Å². The van der Waals surface area contributed by atoms with Crippen molar-refractivity contribution in [2.45, 2.75) is 53.4 Å². The summed E-state index contributed by atoms with van der Waals surface area (Å²) in [5.74, 6) is 0.511. The van der Waals surface area contributed by atoms with E-state index in [4.69, 9.17) is 11.6 Å². The van der Waals surface area contributed by atoms with Crippen molar-refractivity contribution in [2.24, 2.45) is 16.4 Å². The Hall–Kier alpha value is -1.39. The van der Waals surface area contributed by atoms with Crippen LogP contribution < -0.4 is 5.43 Å². The van der Waals surface area contributed by atoms with Gasteiger partial charge in [0.15, 0.2) is 0 Å². The maximum absolute atomic E-state index is 12.5. The molecule has 1 saturated carbocycles. The lowest BCUT2D eigenvalue weighted by molar-refractivity contribution is 0.0958. The second-order valence-corrected chi connectivity index (χ2v) is 9.43. The molecule has 0 bridgehead atoms. The fourth-order valence-electron chi connectivity index (χ4n) is 3.43. The van der Waals surface area contributed by atoms with Crippen molar-refractivity contribution >= 4 is 44.6 Å². The Labute approximate surface area is 158 Å². The van der Waals surface area contributed by atoms with Crippen molar-refractivity contribution in [3.8, 4) is 0 Å². The molecular weight excluding hydrogens is 352 g/mol. The predicted molar refractivity (Wildman–Crippen MR) is 108 cm³/mol. The Bertz CT molecular complexity index is 822. The summed E-state index contributed by atoms with van der Waals surface area (Å²) in [5.41, 5.74) is 5.30. The molecule has 25 heavy (non-hydrogen) atoms. The lowest BCUT2D eigenvalue weighted by atomic mass is 9.72. The van der Waals surface area contributed by atoms with Gasteiger partial charge in [-0.1, -0.05) is 44.5 Å². The number of hydrogen-bond acceptors (Lipinski definition) is 3. The molecule has 0 unspecified atom stereocenters.